The minimum atomic E-state index is -0.960. The molecule has 0 aromatic carbocycles. The summed E-state index contributed by atoms with van der Waals surface area (Å²) in [5, 5.41) is 35.4. The van der Waals surface area contributed by atoms with Crippen molar-refractivity contribution >= 4 is 11.9 Å². The van der Waals surface area contributed by atoms with E-state index in [9.17, 15) is 9.59 Å². The highest BCUT2D eigenvalue weighted by molar-refractivity contribution is 5.69. The fourth-order valence-corrected chi connectivity index (χ4v) is 5.37. The number of ether oxygens (including phenoxy) is 2. The molecule has 0 rings (SSSR count). The number of aliphatic hydroxyl groups excluding tert-OH is 4. The van der Waals surface area contributed by atoms with E-state index in [2.05, 4.69) is 38.2 Å². The summed E-state index contributed by atoms with van der Waals surface area (Å²) in [6, 6.07) is 0. The van der Waals surface area contributed by atoms with Crippen molar-refractivity contribution in [1.82, 2.24) is 0 Å². The lowest BCUT2D eigenvalue weighted by Crippen LogP contribution is -2.25. The third kappa shape index (κ3) is 42.4. The first kappa shape index (κ1) is 50.4. The normalized spacial score (nSPS) is 12.1. The molecule has 0 amide bonds. The molecule has 4 N–H and O–H groups in total. The van der Waals surface area contributed by atoms with Gasteiger partial charge in [0.2, 0.25) is 0 Å². The second-order valence-corrected chi connectivity index (χ2v) is 13.7. The number of hydrogen-bond acceptors (Lipinski definition) is 8. The molecular formula is C42H80O8. The number of aliphatic hydroxyl groups is 4. The third-order valence-corrected chi connectivity index (χ3v) is 8.64. The number of hydrogen-bond donors (Lipinski definition) is 4. The molecule has 296 valence electrons. The summed E-state index contributed by atoms with van der Waals surface area (Å²) in [5.74, 6) is -0.615. The van der Waals surface area contributed by atoms with Gasteiger partial charge in [0.1, 0.15) is 18.8 Å². The van der Waals surface area contributed by atoms with E-state index in [1.807, 2.05) is 0 Å². The van der Waals surface area contributed by atoms with Crippen LogP contribution in [0.2, 0.25) is 0 Å². The fraction of sp³-hybridized carbons (Fsp3) is 0.857. The van der Waals surface area contributed by atoms with Crippen LogP contribution in [0.25, 0.3) is 0 Å². The van der Waals surface area contributed by atoms with Gasteiger partial charge in [0.25, 0.3) is 0 Å². The van der Waals surface area contributed by atoms with Crippen LogP contribution < -0.4 is 0 Å². The molecular weight excluding hydrogens is 632 g/mol. The predicted octanol–water partition coefficient (Wildman–Crippen LogP) is 9.84. The SMILES string of the molecule is CCCCCCCC/C=C/CCCCCCCC(=O)OC(CO)CO.CCCCCCCC/C=C/CCCCCCCC(=O)OCC(O)CO. The average molecular weight is 713 g/mol. The van der Waals surface area contributed by atoms with E-state index in [1.54, 1.807) is 0 Å². The summed E-state index contributed by atoms with van der Waals surface area (Å²) >= 11 is 0. The maximum atomic E-state index is 11.5. The number of carbonyl (C=O) groups is 2. The largest absolute Gasteiger partial charge is 0.463 e. The monoisotopic (exact) mass is 713 g/mol. The standard InChI is InChI=1S/2C21H40O4/c1-2-3-4-5-6-7-8-9-10-11-12-13-14-15-16-17-21(24)25-19-20(23)18-22;1-2-3-4-5-6-7-8-9-10-11-12-13-14-15-16-17-21(24)25-20(18-22)19-23/h2*9-10,20,22-23H,2-8,11-19H2,1H3/b2*10-9+. The Morgan fingerprint density at radius 3 is 1.18 bits per heavy atom. The van der Waals surface area contributed by atoms with Gasteiger partial charge in [-0.2, -0.15) is 0 Å². The highest BCUT2D eigenvalue weighted by Gasteiger charge is 2.11. The van der Waals surface area contributed by atoms with Gasteiger partial charge in [0, 0.05) is 12.8 Å². The maximum absolute atomic E-state index is 11.5. The first-order chi connectivity index (χ1) is 24.4. The second-order valence-electron chi connectivity index (χ2n) is 13.7. The fourth-order valence-electron chi connectivity index (χ4n) is 5.37. The summed E-state index contributed by atoms with van der Waals surface area (Å²) in [6.45, 7) is 3.37. The Balaban J connectivity index is 0. The molecule has 0 radical (unpaired) electrons. The molecule has 8 nitrogen and oxygen atoms in total. The van der Waals surface area contributed by atoms with Crippen molar-refractivity contribution in [3.63, 3.8) is 0 Å². The molecule has 0 aliphatic rings. The van der Waals surface area contributed by atoms with Crippen molar-refractivity contribution in [2.75, 3.05) is 26.4 Å². The van der Waals surface area contributed by atoms with Crippen LogP contribution in [-0.2, 0) is 19.1 Å². The summed E-state index contributed by atoms with van der Waals surface area (Å²) < 4.78 is 9.78. The van der Waals surface area contributed by atoms with Crippen LogP contribution >= 0.6 is 0 Å². The lowest BCUT2D eigenvalue weighted by Gasteiger charge is -2.12. The number of rotatable bonds is 36. The number of unbranched alkanes of at least 4 members (excludes halogenated alkanes) is 22. The van der Waals surface area contributed by atoms with Crippen LogP contribution in [0.15, 0.2) is 24.3 Å². The number of esters is 2. The van der Waals surface area contributed by atoms with Gasteiger partial charge in [-0.15, -0.1) is 0 Å². The van der Waals surface area contributed by atoms with Crippen molar-refractivity contribution < 1.29 is 39.5 Å². The molecule has 0 heterocycles. The van der Waals surface area contributed by atoms with E-state index in [4.69, 9.17) is 29.9 Å². The predicted molar refractivity (Wildman–Crippen MR) is 207 cm³/mol. The number of carbonyl (C=O) groups excluding carboxylic acids is 2. The van der Waals surface area contributed by atoms with Crippen LogP contribution in [0.4, 0.5) is 0 Å². The Hall–Kier alpha value is -1.74. The highest BCUT2D eigenvalue weighted by atomic mass is 16.6. The van der Waals surface area contributed by atoms with Gasteiger partial charge >= 0.3 is 11.9 Å². The first-order valence-electron chi connectivity index (χ1n) is 20.6. The highest BCUT2D eigenvalue weighted by Crippen LogP contribution is 2.12. The summed E-state index contributed by atoms with van der Waals surface area (Å²) in [6.07, 6.45) is 40.3. The molecule has 1 unspecified atom stereocenters. The van der Waals surface area contributed by atoms with Crippen molar-refractivity contribution in [3.05, 3.63) is 24.3 Å². The van der Waals surface area contributed by atoms with Crippen molar-refractivity contribution in [3.8, 4) is 0 Å². The third-order valence-electron chi connectivity index (χ3n) is 8.64. The van der Waals surface area contributed by atoms with Crippen molar-refractivity contribution in [2.45, 2.75) is 206 Å². The van der Waals surface area contributed by atoms with Gasteiger partial charge in [-0.25, -0.2) is 0 Å². The smallest absolute Gasteiger partial charge is 0.306 e. The topological polar surface area (TPSA) is 134 Å². The van der Waals surface area contributed by atoms with E-state index < -0.39 is 12.2 Å². The molecule has 0 aromatic rings. The Morgan fingerprint density at radius 2 is 0.820 bits per heavy atom. The second kappa shape index (κ2) is 43.4. The van der Waals surface area contributed by atoms with Gasteiger partial charge in [0.05, 0.1) is 19.8 Å². The molecule has 0 saturated carbocycles. The van der Waals surface area contributed by atoms with E-state index in [-0.39, 0.29) is 38.4 Å². The van der Waals surface area contributed by atoms with Gasteiger partial charge in [-0.1, -0.05) is 141 Å². The Bertz CT molecular complexity index is 750. The molecule has 1 atom stereocenters. The van der Waals surface area contributed by atoms with Crippen molar-refractivity contribution in [2.24, 2.45) is 0 Å². The van der Waals surface area contributed by atoms with E-state index >= 15 is 0 Å². The van der Waals surface area contributed by atoms with E-state index in [0.717, 1.165) is 51.4 Å². The minimum Gasteiger partial charge on any atom is -0.463 e. The molecule has 8 heteroatoms. The maximum Gasteiger partial charge on any atom is 0.306 e. The Kier molecular flexibility index (Phi) is 43.7. The molecule has 0 fully saturated rings. The zero-order valence-corrected chi connectivity index (χ0v) is 32.5. The van der Waals surface area contributed by atoms with Crippen molar-refractivity contribution in [1.29, 1.82) is 0 Å². The van der Waals surface area contributed by atoms with Gasteiger partial charge in [0.15, 0.2) is 0 Å². The van der Waals surface area contributed by atoms with Gasteiger partial charge < -0.3 is 29.9 Å². The number of allylic oxidation sites excluding steroid dienone is 4. The zero-order chi connectivity index (χ0) is 37.2. The molecule has 0 aromatic heterocycles. The Labute approximate surface area is 307 Å². The summed E-state index contributed by atoms with van der Waals surface area (Å²) in [7, 11) is 0. The molecule has 0 aliphatic heterocycles. The quantitative estimate of drug-likeness (QED) is 0.0287. The zero-order valence-electron chi connectivity index (χ0n) is 32.5. The lowest BCUT2D eigenvalue weighted by molar-refractivity contribution is -0.153. The molecule has 50 heavy (non-hydrogen) atoms. The first-order valence-corrected chi connectivity index (χ1v) is 20.6. The summed E-state index contributed by atoms with van der Waals surface area (Å²) in [4.78, 5) is 22.8. The lowest BCUT2D eigenvalue weighted by atomic mass is 10.1. The van der Waals surface area contributed by atoms with Crippen LogP contribution in [0, 0.1) is 0 Å². The van der Waals surface area contributed by atoms with Crippen LogP contribution in [0.5, 0.6) is 0 Å². The minimum absolute atomic E-state index is 0.111. The van der Waals surface area contributed by atoms with E-state index in [1.165, 1.54) is 116 Å². The molecule has 0 spiro atoms. The van der Waals surface area contributed by atoms with Crippen LogP contribution in [0.3, 0.4) is 0 Å². The Morgan fingerprint density at radius 1 is 0.480 bits per heavy atom. The average Bonchev–Trinajstić information content (AvgIpc) is 3.13. The summed E-state index contributed by atoms with van der Waals surface area (Å²) in [5.41, 5.74) is 0. The molecule has 0 bridgehead atoms. The van der Waals surface area contributed by atoms with E-state index in [0.29, 0.717) is 12.8 Å². The van der Waals surface area contributed by atoms with Gasteiger partial charge in [-0.05, 0) is 64.2 Å². The van der Waals surface area contributed by atoms with Crippen LogP contribution in [-0.4, -0.2) is 71.0 Å². The van der Waals surface area contributed by atoms with Crippen LogP contribution in [0.1, 0.15) is 194 Å². The molecule has 0 saturated heterocycles. The molecule has 0 aliphatic carbocycles. The van der Waals surface area contributed by atoms with Gasteiger partial charge in [-0.3, -0.25) is 9.59 Å².